The maximum absolute atomic E-state index is 12.8. The lowest BCUT2D eigenvalue weighted by Crippen LogP contribution is -2.57. The second-order valence-corrected chi connectivity index (χ2v) is 7.85. The molecule has 0 aromatic heterocycles. The Balaban J connectivity index is 1.84. The van der Waals surface area contributed by atoms with Gasteiger partial charge >= 0.3 is 0 Å². The topological polar surface area (TPSA) is 98.8 Å². The fraction of sp³-hybridized carbons (Fsp3) is 0.647. The highest BCUT2D eigenvalue weighted by molar-refractivity contribution is 7.86. The number of methoxy groups -OCH3 is 2. The Kier molecular flexibility index (Phi) is 6.82. The fourth-order valence-corrected chi connectivity index (χ4v) is 4.12. The van der Waals surface area contributed by atoms with Crippen molar-refractivity contribution in [2.24, 2.45) is 0 Å². The molecule has 0 radical (unpaired) electrons. The molecule has 0 saturated carbocycles. The lowest BCUT2D eigenvalue weighted by atomic mass is 10.0. The predicted molar refractivity (Wildman–Crippen MR) is 91.3 cm³/mol. The van der Waals surface area contributed by atoms with E-state index in [0.29, 0.717) is 0 Å². The summed E-state index contributed by atoms with van der Waals surface area (Å²) in [7, 11) is -1.10. The summed E-state index contributed by atoms with van der Waals surface area (Å²) in [5.41, 5.74) is 0.941. The number of benzene rings is 1. The number of fused-ring (bicyclic) bond motifs is 2. The zero-order valence-electron chi connectivity index (χ0n) is 15.4. The quantitative estimate of drug-likeness (QED) is 0.437. The number of rotatable bonds is 9. The number of ether oxygens (including phenoxy) is 6. The molecule has 1 aromatic carbocycles. The van der Waals surface area contributed by atoms with Crippen LogP contribution in [0.3, 0.4) is 0 Å². The van der Waals surface area contributed by atoms with Crippen LogP contribution in [0.25, 0.3) is 0 Å². The number of hydrogen-bond acceptors (Lipinski definition) is 9. The van der Waals surface area contributed by atoms with Crippen LogP contribution >= 0.6 is 0 Å². The summed E-state index contributed by atoms with van der Waals surface area (Å²) in [5, 5.41) is 0. The smallest absolute Gasteiger partial charge is 0.297 e. The van der Waals surface area contributed by atoms with Gasteiger partial charge < -0.3 is 28.4 Å². The predicted octanol–water partition coefficient (Wildman–Crippen LogP) is 0.802. The van der Waals surface area contributed by atoms with Crippen molar-refractivity contribution in [3.8, 4) is 0 Å². The van der Waals surface area contributed by atoms with E-state index in [0.717, 1.165) is 5.56 Å². The molecule has 2 saturated heterocycles. The Hall–Kier alpha value is -1.11. The molecule has 2 bridgehead atoms. The highest BCUT2D eigenvalue weighted by Gasteiger charge is 2.54. The molecule has 27 heavy (non-hydrogen) atoms. The average molecular weight is 404 g/mol. The van der Waals surface area contributed by atoms with Gasteiger partial charge in [-0.05, 0) is 19.1 Å². The highest BCUT2D eigenvalue weighted by Crippen LogP contribution is 2.35. The molecule has 0 aliphatic carbocycles. The molecule has 2 heterocycles. The molecule has 2 aliphatic heterocycles. The maximum atomic E-state index is 12.8. The minimum absolute atomic E-state index is 0.0389. The average Bonchev–Trinajstić information content (AvgIpc) is 3.08. The number of aryl methyl sites for hydroxylation is 1. The molecule has 2 aliphatic rings. The van der Waals surface area contributed by atoms with E-state index < -0.39 is 40.8 Å². The summed E-state index contributed by atoms with van der Waals surface area (Å²) in [4.78, 5) is 0.0500. The van der Waals surface area contributed by atoms with Gasteiger partial charge in [0.25, 0.3) is 10.1 Å². The van der Waals surface area contributed by atoms with Crippen LogP contribution in [-0.4, -0.2) is 73.5 Å². The van der Waals surface area contributed by atoms with Gasteiger partial charge in [-0.2, -0.15) is 8.42 Å². The first-order chi connectivity index (χ1) is 13.0. The largest absolute Gasteiger partial charge is 0.359 e. The monoisotopic (exact) mass is 404 g/mol. The Morgan fingerprint density at radius 1 is 1.00 bits per heavy atom. The van der Waals surface area contributed by atoms with E-state index in [9.17, 15) is 8.42 Å². The van der Waals surface area contributed by atoms with Gasteiger partial charge in [-0.15, -0.1) is 0 Å². The molecular weight excluding hydrogens is 380 g/mol. The van der Waals surface area contributed by atoms with Gasteiger partial charge in [-0.25, -0.2) is 0 Å². The van der Waals surface area contributed by atoms with E-state index in [2.05, 4.69) is 0 Å². The standard InChI is InChI=1S/C17H24O9S/c1-11-4-6-12(7-5-11)27(18,19)26-14-13-8-22-17(25-13)16(24-10-21-3)15(14)23-9-20-2/h4-7,13-17H,8-10H2,1-3H3/t13-,14-,15+,16-,17-/m1/s1. The zero-order valence-corrected chi connectivity index (χ0v) is 16.2. The van der Waals surface area contributed by atoms with E-state index in [4.69, 9.17) is 32.6 Å². The summed E-state index contributed by atoms with van der Waals surface area (Å²) >= 11 is 0. The van der Waals surface area contributed by atoms with E-state index in [-0.39, 0.29) is 25.1 Å². The van der Waals surface area contributed by atoms with E-state index in [1.165, 1.54) is 26.4 Å². The summed E-state index contributed by atoms with van der Waals surface area (Å²) in [6, 6.07) is 6.38. The Labute approximate surface area is 158 Å². The third kappa shape index (κ3) is 4.66. The minimum Gasteiger partial charge on any atom is -0.359 e. The van der Waals surface area contributed by atoms with Gasteiger partial charge in [0, 0.05) is 14.2 Å². The van der Waals surface area contributed by atoms with Crippen LogP contribution in [-0.2, 0) is 42.7 Å². The van der Waals surface area contributed by atoms with E-state index in [1.54, 1.807) is 12.1 Å². The Morgan fingerprint density at radius 2 is 1.63 bits per heavy atom. The molecule has 0 unspecified atom stereocenters. The first-order valence-electron chi connectivity index (χ1n) is 8.44. The van der Waals surface area contributed by atoms with Crippen molar-refractivity contribution in [1.82, 2.24) is 0 Å². The van der Waals surface area contributed by atoms with E-state index in [1.807, 2.05) is 6.92 Å². The lowest BCUT2D eigenvalue weighted by molar-refractivity contribution is -0.274. The normalized spacial score (nSPS) is 30.6. The highest BCUT2D eigenvalue weighted by atomic mass is 32.2. The van der Waals surface area contributed by atoms with Gasteiger partial charge in [-0.1, -0.05) is 17.7 Å². The minimum atomic E-state index is -4.05. The molecule has 0 N–H and O–H groups in total. The van der Waals surface area contributed by atoms with Crippen LogP contribution in [0.4, 0.5) is 0 Å². The van der Waals surface area contributed by atoms with Crippen molar-refractivity contribution in [2.75, 3.05) is 34.4 Å². The molecule has 3 rings (SSSR count). The fourth-order valence-electron chi connectivity index (χ4n) is 3.02. The van der Waals surface area contributed by atoms with Crippen LogP contribution in [0.15, 0.2) is 29.2 Å². The second-order valence-electron chi connectivity index (χ2n) is 6.28. The molecule has 0 spiro atoms. The van der Waals surface area contributed by atoms with Crippen LogP contribution in [0.1, 0.15) is 5.56 Å². The summed E-state index contributed by atoms with van der Waals surface area (Å²) < 4.78 is 63.5. The van der Waals surface area contributed by atoms with Crippen molar-refractivity contribution < 1.29 is 41.0 Å². The van der Waals surface area contributed by atoms with Crippen LogP contribution in [0.2, 0.25) is 0 Å². The third-order valence-corrected chi connectivity index (χ3v) is 5.65. The van der Waals surface area contributed by atoms with E-state index >= 15 is 0 Å². The van der Waals surface area contributed by atoms with Crippen molar-refractivity contribution in [2.45, 2.75) is 42.5 Å². The Morgan fingerprint density at radius 3 is 2.26 bits per heavy atom. The first-order valence-corrected chi connectivity index (χ1v) is 9.85. The second kappa shape index (κ2) is 8.93. The van der Waals surface area contributed by atoms with Gasteiger partial charge in [-0.3, -0.25) is 4.18 Å². The van der Waals surface area contributed by atoms with Crippen LogP contribution in [0.5, 0.6) is 0 Å². The molecule has 5 atom stereocenters. The molecule has 9 nitrogen and oxygen atoms in total. The van der Waals surface area contributed by atoms with Crippen LogP contribution < -0.4 is 0 Å². The van der Waals surface area contributed by atoms with Crippen molar-refractivity contribution in [1.29, 1.82) is 0 Å². The first kappa shape index (κ1) is 20.6. The van der Waals surface area contributed by atoms with Crippen molar-refractivity contribution in [3.63, 3.8) is 0 Å². The molecule has 0 amide bonds. The molecule has 2 fully saturated rings. The van der Waals surface area contributed by atoms with Gasteiger partial charge in [0.1, 0.15) is 38.0 Å². The SMILES string of the molecule is COCO[C@@H]1[C@@H](OCOC)[C@@H]2OC[C@@H](O2)[C@H]1OS(=O)(=O)c1ccc(C)cc1. The number of hydrogen-bond donors (Lipinski definition) is 0. The van der Waals surface area contributed by atoms with Gasteiger partial charge in [0.2, 0.25) is 0 Å². The van der Waals surface area contributed by atoms with Crippen molar-refractivity contribution >= 4 is 10.1 Å². The lowest BCUT2D eigenvalue weighted by Gasteiger charge is -2.39. The summed E-state index contributed by atoms with van der Waals surface area (Å²) in [5.74, 6) is 0. The third-order valence-electron chi connectivity index (χ3n) is 4.32. The molecule has 1 aromatic rings. The molecular formula is C17H24O9S. The zero-order chi connectivity index (χ0) is 19.4. The van der Waals surface area contributed by atoms with Gasteiger partial charge in [0.15, 0.2) is 6.29 Å². The molecule has 152 valence electrons. The van der Waals surface area contributed by atoms with Gasteiger partial charge in [0.05, 0.1) is 11.5 Å². The maximum Gasteiger partial charge on any atom is 0.297 e. The van der Waals surface area contributed by atoms with Crippen LogP contribution in [0, 0.1) is 6.92 Å². The Bertz CT molecular complexity index is 706. The molecule has 10 heteroatoms. The summed E-state index contributed by atoms with van der Waals surface area (Å²) in [6.45, 7) is 1.93. The summed E-state index contributed by atoms with van der Waals surface area (Å²) in [6.07, 6.45) is -3.80. The van der Waals surface area contributed by atoms with Crippen molar-refractivity contribution in [3.05, 3.63) is 29.8 Å².